The van der Waals surface area contributed by atoms with Crippen molar-refractivity contribution in [3.05, 3.63) is 65.2 Å². The van der Waals surface area contributed by atoms with Crippen LogP contribution in [-0.4, -0.2) is 12.5 Å². The minimum atomic E-state index is 0. The molecule has 0 saturated carbocycles. The molecule has 0 spiro atoms. The Labute approximate surface area is 150 Å². The predicted molar refractivity (Wildman–Crippen MR) is 106 cm³/mol. The fourth-order valence-electron chi connectivity index (χ4n) is 2.16. The summed E-state index contributed by atoms with van der Waals surface area (Å²) < 4.78 is 0. The Morgan fingerprint density at radius 2 is 1.77 bits per heavy atom. The Bertz CT molecular complexity index is 606. The highest BCUT2D eigenvalue weighted by molar-refractivity contribution is 14.0. The summed E-state index contributed by atoms with van der Waals surface area (Å²) in [6.45, 7) is 4.91. The molecule has 3 N–H and O–H groups in total. The van der Waals surface area contributed by atoms with E-state index >= 15 is 0 Å². The lowest BCUT2D eigenvalue weighted by atomic mass is 10.1. The zero-order valence-electron chi connectivity index (χ0n) is 13.2. The summed E-state index contributed by atoms with van der Waals surface area (Å²) in [6.07, 6.45) is 1.98. The maximum atomic E-state index is 5.90. The van der Waals surface area contributed by atoms with Gasteiger partial charge in [0.15, 0.2) is 5.96 Å². The smallest absolute Gasteiger partial charge is 0.193 e. The predicted octanol–water partition coefficient (Wildman–Crippen LogP) is 4.14. The van der Waals surface area contributed by atoms with E-state index in [0.29, 0.717) is 12.5 Å². The van der Waals surface area contributed by atoms with Crippen molar-refractivity contribution >= 4 is 35.6 Å². The van der Waals surface area contributed by atoms with Gasteiger partial charge in [-0.15, -0.1) is 24.0 Å². The molecule has 0 aliphatic heterocycles. The van der Waals surface area contributed by atoms with Crippen LogP contribution < -0.4 is 11.1 Å². The lowest BCUT2D eigenvalue weighted by Crippen LogP contribution is -2.23. The molecule has 2 rings (SSSR count). The lowest BCUT2D eigenvalue weighted by molar-refractivity contribution is 0.961. The van der Waals surface area contributed by atoms with Gasteiger partial charge in [-0.05, 0) is 48.6 Å². The topological polar surface area (TPSA) is 50.4 Å². The van der Waals surface area contributed by atoms with Crippen LogP contribution in [0.1, 0.15) is 23.6 Å². The van der Waals surface area contributed by atoms with Crippen molar-refractivity contribution < 1.29 is 0 Å². The molecule has 0 bridgehead atoms. The first-order chi connectivity index (χ1) is 10.2. The van der Waals surface area contributed by atoms with Crippen molar-refractivity contribution in [2.24, 2.45) is 10.7 Å². The number of aryl methyl sites for hydroxylation is 2. The zero-order chi connectivity index (χ0) is 15.1. The van der Waals surface area contributed by atoms with Crippen LogP contribution in [0.15, 0.2) is 53.5 Å². The summed E-state index contributed by atoms with van der Waals surface area (Å²) in [5.74, 6) is 0.464. The molecule has 0 aliphatic rings. The molecule has 0 fully saturated rings. The van der Waals surface area contributed by atoms with Crippen molar-refractivity contribution in [3.8, 4) is 0 Å². The van der Waals surface area contributed by atoms with E-state index in [1.54, 1.807) is 0 Å². The number of nitrogens with one attached hydrogen (secondary N) is 1. The number of hydrogen-bond donors (Lipinski definition) is 2. The van der Waals surface area contributed by atoms with Crippen molar-refractivity contribution in [1.82, 2.24) is 0 Å². The second kappa shape index (κ2) is 9.46. The second-order valence-electron chi connectivity index (χ2n) is 5.18. The first-order valence-corrected chi connectivity index (χ1v) is 7.39. The van der Waals surface area contributed by atoms with E-state index in [2.05, 4.69) is 54.5 Å². The summed E-state index contributed by atoms with van der Waals surface area (Å²) in [5, 5.41) is 3.11. The van der Waals surface area contributed by atoms with Gasteiger partial charge in [0.05, 0.1) is 0 Å². The van der Waals surface area contributed by atoms with E-state index in [9.17, 15) is 0 Å². The summed E-state index contributed by atoms with van der Waals surface area (Å²) in [7, 11) is 0. The van der Waals surface area contributed by atoms with Crippen LogP contribution in [0.25, 0.3) is 0 Å². The highest BCUT2D eigenvalue weighted by Crippen LogP contribution is 2.09. The number of aliphatic imine (C=N–C) groups is 1. The van der Waals surface area contributed by atoms with Crippen LogP contribution in [0.4, 0.5) is 5.69 Å². The minimum absolute atomic E-state index is 0. The molecule has 0 radical (unpaired) electrons. The largest absolute Gasteiger partial charge is 0.370 e. The van der Waals surface area contributed by atoms with Gasteiger partial charge in [-0.1, -0.05) is 43.3 Å². The van der Waals surface area contributed by atoms with Gasteiger partial charge < -0.3 is 11.1 Å². The normalized spacial score (nSPS) is 10.9. The average Bonchev–Trinajstić information content (AvgIpc) is 2.48. The van der Waals surface area contributed by atoms with E-state index in [-0.39, 0.29) is 24.0 Å². The Balaban J connectivity index is 0.00000242. The Morgan fingerprint density at radius 3 is 2.41 bits per heavy atom. The fourth-order valence-corrected chi connectivity index (χ4v) is 2.16. The maximum absolute atomic E-state index is 5.90. The van der Waals surface area contributed by atoms with E-state index in [0.717, 1.165) is 18.5 Å². The van der Waals surface area contributed by atoms with Gasteiger partial charge in [0.2, 0.25) is 0 Å². The minimum Gasteiger partial charge on any atom is -0.370 e. The van der Waals surface area contributed by atoms with Gasteiger partial charge in [0.1, 0.15) is 0 Å². The third-order valence-corrected chi connectivity index (χ3v) is 3.40. The summed E-state index contributed by atoms with van der Waals surface area (Å²) in [6, 6.07) is 16.8. The quantitative estimate of drug-likeness (QED) is 0.443. The van der Waals surface area contributed by atoms with E-state index < -0.39 is 0 Å². The maximum Gasteiger partial charge on any atom is 0.193 e. The number of benzene rings is 2. The molecule has 4 heteroatoms. The molecule has 0 heterocycles. The number of nitrogens with two attached hydrogens (primary N) is 1. The first kappa shape index (κ1) is 18.5. The third kappa shape index (κ3) is 6.05. The van der Waals surface area contributed by atoms with Crippen LogP contribution in [-0.2, 0) is 12.8 Å². The van der Waals surface area contributed by atoms with Crippen molar-refractivity contribution in [2.75, 3.05) is 11.9 Å². The number of anilines is 1. The Kier molecular flexibility index (Phi) is 7.95. The number of nitrogens with zero attached hydrogens (tertiary/aromatic N) is 1. The molecule has 0 aromatic heterocycles. The van der Waals surface area contributed by atoms with E-state index in [1.807, 2.05) is 18.2 Å². The molecule has 2 aromatic rings. The van der Waals surface area contributed by atoms with Gasteiger partial charge in [-0.25, -0.2) is 0 Å². The SMILES string of the molecule is CCc1ccc(CCN=C(N)Nc2cccc(C)c2)cc1.I. The molecule has 0 amide bonds. The van der Waals surface area contributed by atoms with E-state index in [4.69, 9.17) is 5.73 Å². The average molecular weight is 409 g/mol. The number of guanidine groups is 1. The summed E-state index contributed by atoms with van der Waals surface area (Å²) in [4.78, 5) is 4.37. The molecule has 0 saturated heterocycles. The molecule has 118 valence electrons. The van der Waals surface area contributed by atoms with Crippen LogP contribution in [0, 0.1) is 6.92 Å². The van der Waals surface area contributed by atoms with Crippen LogP contribution in [0.5, 0.6) is 0 Å². The third-order valence-electron chi connectivity index (χ3n) is 3.40. The molecule has 0 atom stereocenters. The highest BCUT2D eigenvalue weighted by Gasteiger charge is 1.96. The monoisotopic (exact) mass is 409 g/mol. The van der Waals surface area contributed by atoms with Crippen LogP contribution in [0.3, 0.4) is 0 Å². The summed E-state index contributed by atoms with van der Waals surface area (Å²) in [5.41, 5.74) is 10.7. The van der Waals surface area contributed by atoms with E-state index in [1.165, 1.54) is 16.7 Å². The molecular weight excluding hydrogens is 385 g/mol. The Morgan fingerprint density at radius 1 is 1.09 bits per heavy atom. The Hall–Kier alpha value is -1.56. The highest BCUT2D eigenvalue weighted by atomic mass is 127. The standard InChI is InChI=1S/C18H23N3.HI/c1-3-15-7-9-16(10-8-15)11-12-20-18(19)21-17-6-4-5-14(2)13-17;/h4-10,13H,3,11-12H2,1-2H3,(H3,19,20,21);1H. The molecule has 0 unspecified atom stereocenters. The van der Waals surface area contributed by atoms with Crippen LogP contribution >= 0.6 is 24.0 Å². The van der Waals surface area contributed by atoms with Gasteiger partial charge in [-0.3, -0.25) is 4.99 Å². The second-order valence-corrected chi connectivity index (χ2v) is 5.18. The molecule has 2 aromatic carbocycles. The van der Waals surface area contributed by atoms with Crippen molar-refractivity contribution in [1.29, 1.82) is 0 Å². The first-order valence-electron chi connectivity index (χ1n) is 7.39. The van der Waals surface area contributed by atoms with Gasteiger partial charge in [0.25, 0.3) is 0 Å². The van der Waals surface area contributed by atoms with Gasteiger partial charge in [-0.2, -0.15) is 0 Å². The van der Waals surface area contributed by atoms with Crippen LogP contribution in [0.2, 0.25) is 0 Å². The molecular formula is C18H24IN3. The fraction of sp³-hybridized carbons (Fsp3) is 0.278. The number of hydrogen-bond acceptors (Lipinski definition) is 1. The van der Waals surface area contributed by atoms with Gasteiger partial charge >= 0.3 is 0 Å². The van der Waals surface area contributed by atoms with Crippen molar-refractivity contribution in [3.63, 3.8) is 0 Å². The van der Waals surface area contributed by atoms with Crippen molar-refractivity contribution in [2.45, 2.75) is 26.7 Å². The number of rotatable bonds is 5. The van der Waals surface area contributed by atoms with Gasteiger partial charge in [0, 0.05) is 12.2 Å². The molecule has 3 nitrogen and oxygen atoms in total. The zero-order valence-corrected chi connectivity index (χ0v) is 15.5. The number of halogens is 1. The molecule has 22 heavy (non-hydrogen) atoms. The lowest BCUT2D eigenvalue weighted by Gasteiger charge is -2.06. The molecule has 0 aliphatic carbocycles. The summed E-state index contributed by atoms with van der Waals surface area (Å²) >= 11 is 0.